The highest BCUT2D eigenvalue weighted by Crippen LogP contribution is 2.30. The average Bonchev–Trinajstić information content (AvgIpc) is 2.34. The van der Waals surface area contributed by atoms with Crippen LogP contribution >= 0.6 is 27.7 Å². The van der Waals surface area contributed by atoms with Crippen molar-refractivity contribution < 1.29 is 0 Å². The maximum atomic E-state index is 5.61. The highest BCUT2D eigenvalue weighted by molar-refractivity contribution is 9.10. The van der Waals surface area contributed by atoms with Gasteiger partial charge in [-0.15, -0.1) is 0 Å². The molecule has 1 heterocycles. The van der Waals surface area contributed by atoms with E-state index in [-0.39, 0.29) is 0 Å². The fourth-order valence-corrected chi connectivity index (χ4v) is 2.85. The van der Waals surface area contributed by atoms with Crippen LogP contribution in [0.1, 0.15) is 5.56 Å². The molecule has 0 amide bonds. The Bertz CT molecular complexity index is 490. The minimum atomic E-state index is 0.644. The van der Waals surface area contributed by atoms with Crippen molar-refractivity contribution in [2.24, 2.45) is 5.73 Å². The van der Waals surface area contributed by atoms with Crippen molar-refractivity contribution in [2.75, 3.05) is 6.54 Å². The zero-order chi connectivity index (χ0) is 12.1. The maximum absolute atomic E-state index is 5.61. The van der Waals surface area contributed by atoms with Gasteiger partial charge in [0.05, 0.1) is 0 Å². The standard InChI is InChI=1S/C12H12BrN3S/c13-10-3-2-9(4-5-14)11(8-10)17-12-15-6-1-7-16-12/h1-3,6-8H,4-5,14H2. The van der Waals surface area contributed by atoms with Crippen LogP contribution in [0.5, 0.6) is 0 Å². The molecule has 5 heteroatoms. The van der Waals surface area contributed by atoms with Gasteiger partial charge >= 0.3 is 0 Å². The first-order chi connectivity index (χ1) is 8.29. The summed E-state index contributed by atoms with van der Waals surface area (Å²) in [6, 6.07) is 8.00. The van der Waals surface area contributed by atoms with Crippen LogP contribution in [0.3, 0.4) is 0 Å². The zero-order valence-corrected chi connectivity index (χ0v) is 11.5. The molecule has 0 fully saturated rings. The largest absolute Gasteiger partial charge is 0.330 e. The average molecular weight is 310 g/mol. The Balaban J connectivity index is 2.27. The number of benzene rings is 1. The molecule has 0 spiro atoms. The molecular weight excluding hydrogens is 298 g/mol. The van der Waals surface area contributed by atoms with E-state index in [1.807, 2.05) is 12.1 Å². The van der Waals surface area contributed by atoms with Crippen LogP contribution in [0.2, 0.25) is 0 Å². The number of rotatable bonds is 4. The van der Waals surface area contributed by atoms with Crippen molar-refractivity contribution in [3.63, 3.8) is 0 Å². The molecule has 0 aliphatic carbocycles. The molecule has 1 aromatic carbocycles. The minimum absolute atomic E-state index is 0.644. The van der Waals surface area contributed by atoms with E-state index < -0.39 is 0 Å². The van der Waals surface area contributed by atoms with E-state index in [9.17, 15) is 0 Å². The SMILES string of the molecule is NCCc1ccc(Br)cc1Sc1ncccn1. The van der Waals surface area contributed by atoms with Gasteiger partial charge in [-0.05, 0) is 48.5 Å². The summed E-state index contributed by atoms with van der Waals surface area (Å²) in [6.07, 6.45) is 4.36. The topological polar surface area (TPSA) is 51.8 Å². The summed E-state index contributed by atoms with van der Waals surface area (Å²) < 4.78 is 1.05. The van der Waals surface area contributed by atoms with Crippen LogP contribution in [0.4, 0.5) is 0 Å². The van der Waals surface area contributed by atoms with Gasteiger partial charge in [0.2, 0.25) is 0 Å². The molecule has 0 bridgehead atoms. The summed E-state index contributed by atoms with van der Waals surface area (Å²) in [6.45, 7) is 0.644. The third-order valence-corrected chi connectivity index (χ3v) is 3.67. The van der Waals surface area contributed by atoms with Gasteiger partial charge in [0.1, 0.15) is 0 Å². The quantitative estimate of drug-likeness (QED) is 0.882. The van der Waals surface area contributed by atoms with Gasteiger partial charge in [-0.3, -0.25) is 0 Å². The van der Waals surface area contributed by atoms with Crippen molar-refractivity contribution in [1.82, 2.24) is 9.97 Å². The molecule has 2 N–H and O–H groups in total. The number of halogens is 1. The third-order valence-electron chi connectivity index (χ3n) is 2.19. The summed E-state index contributed by atoms with van der Waals surface area (Å²) in [5.41, 5.74) is 6.84. The lowest BCUT2D eigenvalue weighted by Crippen LogP contribution is -2.03. The minimum Gasteiger partial charge on any atom is -0.330 e. The second-order valence-corrected chi connectivity index (χ2v) is 5.35. The fraction of sp³-hybridized carbons (Fsp3) is 0.167. The highest BCUT2D eigenvalue weighted by Gasteiger charge is 2.06. The van der Waals surface area contributed by atoms with Crippen LogP contribution in [0, 0.1) is 0 Å². The summed E-state index contributed by atoms with van der Waals surface area (Å²) in [4.78, 5) is 9.57. The molecule has 0 atom stereocenters. The van der Waals surface area contributed by atoms with E-state index in [2.05, 4.69) is 38.0 Å². The second-order valence-electron chi connectivity index (χ2n) is 3.42. The monoisotopic (exact) mass is 309 g/mol. The highest BCUT2D eigenvalue weighted by atomic mass is 79.9. The Kier molecular flexibility index (Phi) is 4.53. The van der Waals surface area contributed by atoms with Crippen LogP contribution in [0.15, 0.2) is 51.2 Å². The third kappa shape index (κ3) is 3.52. The van der Waals surface area contributed by atoms with E-state index in [0.29, 0.717) is 6.54 Å². The molecule has 0 aliphatic heterocycles. The van der Waals surface area contributed by atoms with Gasteiger partial charge in [0, 0.05) is 21.8 Å². The number of aromatic nitrogens is 2. The van der Waals surface area contributed by atoms with Crippen molar-refractivity contribution in [3.8, 4) is 0 Å². The van der Waals surface area contributed by atoms with Gasteiger partial charge in [0.25, 0.3) is 0 Å². The lowest BCUT2D eigenvalue weighted by molar-refractivity contribution is 0.934. The van der Waals surface area contributed by atoms with Crippen LogP contribution in [0.25, 0.3) is 0 Å². The first kappa shape index (κ1) is 12.5. The fourth-order valence-electron chi connectivity index (χ4n) is 1.42. The van der Waals surface area contributed by atoms with E-state index in [1.54, 1.807) is 24.2 Å². The van der Waals surface area contributed by atoms with Crippen molar-refractivity contribution in [1.29, 1.82) is 0 Å². The van der Waals surface area contributed by atoms with E-state index in [0.717, 1.165) is 20.9 Å². The zero-order valence-electron chi connectivity index (χ0n) is 9.14. The van der Waals surface area contributed by atoms with Gasteiger partial charge in [-0.25, -0.2) is 9.97 Å². The Hall–Kier alpha value is -0.910. The number of nitrogens with zero attached hydrogens (tertiary/aromatic N) is 2. The first-order valence-electron chi connectivity index (χ1n) is 5.23. The molecule has 1 aromatic heterocycles. The summed E-state index contributed by atoms with van der Waals surface area (Å²) in [5, 5.41) is 0.754. The van der Waals surface area contributed by atoms with Crippen LogP contribution < -0.4 is 5.73 Å². The molecule has 2 aromatic rings. The van der Waals surface area contributed by atoms with Crippen LogP contribution in [-0.2, 0) is 6.42 Å². The first-order valence-corrected chi connectivity index (χ1v) is 6.84. The Labute approximate surface area is 113 Å². The molecule has 0 aliphatic rings. The molecule has 0 saturated carbocycles. The molecular formula is C12H12BrN3S. The molecule has 17 heavy (non-hydrogen) atoms. The van der Waals surface area contributed by atoms with E-state index in [1.165, 1.54) is 5.56 Å². The molecule has 3 nitrogen and oxygen atoms in total. The van der Waals surface area contributed by atoms with Crippen molar-refractivity contribution in [3.05, 3.63) is 46.7 Å². The summed E-state index contributed by atoms with van der Waals surface area (Å²) >= 11 is 5.04. The Morgan fingerprint density at radius 1 is 1.24 bits per heavy atom. The summed E-state index contributed by atoms with van der Waals surface area (Å²) in [7, 11) is 0. The van der Waals surface area contributed by atoms with Crippen molar-refractivity contribution in [2.45, 2.75) is 16.5 Å². The van der Waals surface area contributed by atoms with Gasteiger partial charge < -0.3 is 5.73 Å². The van der Waals surface area contributed by atoms with Gasteiger partial charge in [-0.2, -0.15) is 0 Å². The van der Waals surface area contributed by atoms with E-state index in [4.69, 9.17) is 5.73 Å². The van der Waals surface area contributed by atoms with Crippen LogP contribution in [-0.4, -0.2) is 16.5 Å². The number of nitrogens with two attached hydrogens (primary N) is 1. The van der Waals surface area contributed by atoms with E-state index >= 15 is 0 Å². The van der Waals surface area contributed by atoms with Gasteiger partial charge in [-0.1, -0.05) is 22.0 Å². The Morgan fingerprint density at radius 2 is 2.00 bits per heavy atom. The predicted molar refractivity (Wildman–Crippen MR) is 73.1 cm³/mol. The lowest BCUT2D eigenvalue weighted by atomic mass is 10.1. The molecule has 0 radical (unpaired) electrons. The molecule has 0 unspecified atom stereocenters. The number of hydrogen-bond acceptors (Lipinski definition) is 4. The van der Waals surface area contributed by atoms with Gasteiger partial charge in [0.15, 0.2) is 5.16 Å². The Morgan fingerprint density at radius 3 is 2.71 bits per heavy atom. The number of hydrogen-bond donors (Lipinski definition) is 1. The maximum Gasteiger partial charge on any atom is 0.192 e. The second kappa shape index (κ2) is 6.14. The molecule has 88 valence electrons. The normalized spacial score (nSPS) is 10.5. The molecule has 0 saturated heterocycles. The lowest BCUT2D eigenvalue weighted by Gasteiger charge is -2.07. The predicted octanol–water partition coefficient (Wildman–Crippen LogP) is 2.89. The van der Waals surface area contributed by atoms with Crippen molar-refractivity contribution >= 4 is 27.7 Å². The summed E-state index contributed by atoms with van der Waals surface area (Å²) in [5.74, 6) is 0. The molecule has 2 rings (SSSR count). The smallest absolute Gasteiger partial charge is 0.192 e.